The van der Waals surface area contributed by atoms with Gasteiger partial charge in [0.05, 0.1) is 26.3 Å². The molecule has 0 saturated carbocycles. The molecule has 0 spiro atoms. The van der Waals surface area contributed by atoms with Crippen molar-refractivity contribution in [2.75, 3.05) is 22.9 Å². The third kappa shape index (κ3) is 16.1. The first-order chi connectivity index (χ1) is 34.3. The molecule has 70 heavy (non-hydrogen) atoms. The van der Waals surface area contributed by atoms with Crippen LogP contribution in [0.25, 0.3) is 21.9 Å². The van der Waals surface area contributed by atoms with Gasteiger partial charge in [0, 0.05) is 48.9 Å². The van der Waals surface area contributed by atoms with Gasteiger partial charge in [0.1, 0.15) is 0 Å². The van der Waals surface area contributed by atoms with E-state index in [1.807, 2.05) is 0 Å². The number of aryl methyl sites for hydroxylation is 1. The molecule has 0 aliphatic carbocycles. The van der Waals surface area contributed by atoms with Gasteiger partial charge in [0.2, 0.25) is 0 Å². The predicted molar refractivity (Wildman–Crippen MR) is 311 cm³/mol. The minimum atomic E-state index is 0.139. The van der Waals surface area contributed by atoms with Crippen molar-refractivity contribution in [2.24, 2.45) is 11.8 Å². The molecule has 2 aromatic heterocycles. The molecule has 2 aliphatic heterocycles. The maximum absolute atomic E-state index is 15.3. The summed E-state index contributed by atoms with van der Waals surface area (Å²) in [6.07, 6.45) is 41.3. The number of anilines is 2. The Kier molecular flexibility index (Phi) is 25.1. The normalized spacial score (nSPS) is 14.5. The van der Waals surface area contributed by atoms with Crippen molar-refractivity contribution < 1.29 is 9.59 Å². The van der Waals surface area contributed by atoms with Crippen molar-refractivity contribution >= 4 is 83.7 Å². The summed E-state index contributed by atoms with van der Waals surface area (Å²) in [5, 5.41) is 4.32. The average molecular weight is 1050 g/mol. The molecule has 2 atom stereocenters. The van der Waals surface area contributed by atoms with Crippen molar-refractivity contribution in [1.29, 1.82) is 0 Å². The molecule has 4 heterocycles. The lowest BCUT2D eigenvalue weighted by molar-refractivity contribution is -0.114. The topological polar surface area (TPSA) is 40.6 Å². The van der Waals surface area contributed by atoms with Crippen molar-refractivity contribution in [3.05, 3.63) is 77.4 Å². The highest BCUT2D eigenvalue weighted by Crippen LogP contribution is 2.41. The van der Waals surface area contributed by atoms with Crippen molar-refractivity contribution in [2.45, 2.75) is 240 Å². The van der Waals surface area contributed by atoms with Crippen LogP contribution in [0.15, 0.2) is 52.3 Å². The van der Waals surface area contributed by atoms with E-state index < -0.39 is 0 Å². The summed E-state index contributed by atoms with van der Waals surface area (Å²) in [6.45, 7) is 12.8. The van der Waals surface area contributed by atoms with Gasteiger partial charge in [0.25, 0.3) is 11.8 Å². The highest BCUT2D eigenvalue weighted by atomic mass is 79.9. The van der Waals surface area contributed by atoms with E-state index in [1.54, 1.807) is 22.7 Å². The van der Waals surface area contributed by atoms with E-state index in [0.29, 0.717) is 11.8 Å². The van der Waals surface area contributed by atoms with Crippen LogP contribution in [-0.2, 0) is 9.59 Å². The van der Waals surface area contributed by atoms with E-state index in [1.165, 1.54) is 210 Å². The summed E-state index contributed by atoms with van der Waals surface area (Å²) < 4.78 is 1.04. The number of carbonyl (C=O) groups is 2. The average Bonchev–Trinajstić information content (AvgIpc) is 4.12. The Bertz CT molecular complexity index is 2160. The molecular weight excluding hydrogens is 961 g/mol. The molecule has 0 N–H and O–H groups in total. The lowest BCUT2D eigenvalue weighted by Gasteiger charge is -2.28. The lowest BCUT2D eigenvalue weighted by Crippen LogP contribution is -2.34. The molecule has 2 amide bonds. The van der Waals surface area contributed by atoms with Crippen LogP contribution < -0.4 is 20.2 Å². The summed E-state index contributed by atoms with van der Waals surface area (Å²) >= 11 is 7.14. The number of rotatable bonds is 38. The standard InChI is InChI=1S/C63H93BrN2O2S2/c1-6-10-14-18-22-24-28-32-36-49(34-30-26-20-16-12-8-3)46-65-60-51-40-42-54-59(56-44-45-57(64)70-56)63(68)66(61(54)52(51)39-41-53(60)58(62(65)67)55-43-38-48(5)69-55)47-50(35-31-27-21-17-13-9-4)37-33-29-25-23-19-15-11-7-2/h38-45,49-50H,6-37,46-47H2,1-5H3. The van der Waals surface area contributed by atoms with Gasteiger partial charge >= 0.3 is 0 Å². The van der Waals surface area contributed by atoms with Gasteiger partial charge in [-0.2, -0.15) is 0 Å². The molecule has 2 aromatic carbocycles. The van der Waals surface area contributed by atoms with E-state index in [2.05, 4.69) is 109 Å². The van der Waals surface area contributed by atoms with Gasteiger partial charge in [-0.1, -0.05) is 232 Å². The van der Waals surface area contributed by atoms with Crippen molar-refractivity contribution in [3.63, 3.8) is 0 Å². The van der Waals surface area contributed by atoms with Crippen LogP contribution in [-0.4, -0.2) is 24.9 Å². The van der Waals surface area contributed by atoms with Crippen LogP contribution in [0, 0.1) is 18.8 Å². The number of fused-ring (bicyclic) bond motifs is 5. The number of amides is 2. The third-order valence-electron chi connectivity index (χ3n) is 15.7. The predicted octanol–water partition coefficient (Wildman–Crippen LogP) is 18.9. The molecule has 7 heteroatoms. The zero-order chi connectivity index (χ0) is 49.5. The number of hydrogen-bond donors (Lipinski definition) is 0. The minimum Gasteiger partial charge on any atom is -0.307 e. The first kappa shape index (κ1) is 56.6. The Morgan fingerprint density at radius 2 is 0.743 bits per heavy atom. The first-order valence-electron chi connectivity index (χ1n) is 29.1. The zero-order valence-corrected chi connectivity index (χ0v) is 47.9. The quantitative estimate of drug-likeness (QED) is 0.0420. The second-order valence-corrected chi connectivity index (χ2v) is 25.2. The molecule has 0 saturated heterocycles. The third-order valence-corrected chi connectivity index (χ3v) is 18.4. The van der Waals surface area contributed by atoms with Gasteiger partial charge in [-0.05, 0) is 84.6 Å². The van der Waals surface area contributed by atoms with Crippen LogP contribution in [0.1, 0.15) is 248 Å². The molecule has 4 aromatic rings. The first-order valence-corrected chi connectivity index (χ1v) is 31.5. The Morgan fingerprint density at radius 3 is 1.06 bits per heavy atom. The van der Waals surface area contributed by atoms with Crippen LogP contribution in [0.3, 0.4) is 0 Å². The van der Waals surface area contributed by atoms with Crippen LogP contribution in [0.2, 0.25) is 0 Å². The summed E-state index contributed by atoms with van der Waals surface area (Å²) in [5.41, 5.74) is 3.81. The van der Waals surface area contributed by atoms with E-state index >= 15 is 9.59 Å². The van der Waals surface area contributed by atoms with Crippen molar-refractivity contribution in [1.82, 2.24) is 0 Å². The Morgan fingerprint density at radius 1 is 0.414 bits per heavy atom. The number of nitrogens with zero attached hydrogens (tertiary/aromatic N) is 2. The van der Waals surface area contributed by atoms with E-state index in [9.17, 15) is 0 Å². The summed E-state index contributed by atoms with van der Waals surface area (Å²) in [5.74, 6) is 1.19. The molecule has 0 radical (unpaired) electrons. The molecule has 386 valence electrons. The number of benzene rings is 2. The monoisotopic (exact) mass is 1050 g/mol. The van der Waals surface area contributed by atoms with Gasteiger partial charge in [-0.3, -0.25) is 9.59 Å². The molecule has 0 fully saturated rings. The summed E-state index contributed by atoms with van der Waals surface area (Å²) in [7, 11) is 0. The number of unbranched alkanes of at least 4 members (excludes halogenated alkanes) is 24. The van der Waals surface area contributed by atoms with Crippen LogP contribution in [0.5, 0.6) is 0 Å². The highest BCUT2D eigenvalue weighted by Gasteiger charge is 2.37. The smallest absolute Gasteiger partial charge is 0.260 e. The molecule has 2 aliphatic rings. The van der Waals surface area contributed by atoms with Crippen molar-refractivity contribution in [3.8, 4) is 0 Å². The molecule has 6 rings (SSSR count). The van der Waals surface area contributed by atoms with Gasteiger partial charge < -0.3 is 9.80 Å². The minimum absolute atomic E-state index is 0.139. The second kappa shape index (κ2) is 31.1. The summed E-state index contributed by atoms with van der Waals surface area (Å²) in [6, 6.07) is 17.6. The fourth-order valence-electron chi connectivity index (χ4n) is 11.6. The summed E-state index contributed by atoms with van der Waals surface area (Å²) in [4.78, 5) is 38.2. The van der Waals surface area contributed by atoms with Gasteiger partial charge in [-0.25, -0.2) is 0 Å². The zero-order valence-electron chi connectivity index (χ0n) is 44.7. The Hall–Kier alpha value is -2.74. The Labute approximate surface area is 442 Å². The van der Waals surface area contributed by atoms with Gasteiger partial charge in [0.15, 0.2) is 0 Å². The maximum atomic E-state index is 15.3. The maximum Gasteiger partial charge on any atom is 0.260 e. The molecular formula is C63H93BrN2O2S2. The number of carbonyl (C=O) groups excluding carboxylic acids is 2. The number of thiophene rings is 2. The van der Waals surface area contributed by atoms with Crippen LogP contribution in [0.4, 0.5) is 11.4 Å². The lowest BCUT2D eigenvalue weighted by atomic mass is 9.92. The fraction of sp³-hybridized carbons (Fsp3) is 0.651. The molecule has 0 bridgehead atoms. The number of halogens is 1. The highest BCUT2D eigenvalue weighted by molar-refractivity contribution is 9.11. The van der Waals surface area contributed by atoms with E-state index in [-0.39, 0.29) is 11.8 Å². The molecule has 2 unspecified atom stereocenters. The SMILES string of the molecule is CCCCCCCCCCC(CCCCCCCC)CN1C(=O)C(c2ccc(C)s2)=c2ccc3c4c(ccc3c21)=C(c1ccc(Br)s1)C(=O)N4CC(CCCCCCCC)CCCCCCCCCC. The number of hydrogen-bond acceptors (Lipinski definition) is 4. The van der Waals surface area contributed by atoms with E-state index in [0.717, 1.165) is 70.4 Å². The Balaban J connectivity index is 1.36. The second-order valence-electron chi connectivity index (χ2n) is 21.5. The van der Waals surface area contributed by atoms with Crippen LogP contribution >= 0.6 is 38.6 Å². The molecule has 4 nitrogen and oxygen atoms in total. The van der Waals surface area contributed by atoms with Gasteiger partial charge in [-0.15, -0.1) is 22.7 Å². The fourth-order valence-corrected chi connectivity index (χ4v) is 14.0. The largest absolute Gasteiger partial charge is 0.307 e. The van der Waals surface area contributed by atoms with E-state index in [4.69, 9.17) is 0 Å².